The molecule has 2 heteroatoms. The van der Waals surface area contributed by atoms with Gasteiger partial charge in [-0.2, -0.15) is 0 Å². The molecule has 0 amide bonds. The molecule has 0 nitrogen and oxygen atoms in total. The summed E-state index contributed by atoms with van der Waals surface area (Å²) in [5.74, 6) is 0. The highest BCUT2D eigenvalue weighted by Gasteiger charge is 2.13. The minimum Gasteiger partial charge on any atom is -0.247 e. The molecule has 0 unspecified atom stereocenters. The molecule has 60 valence electrons. The van der Waals surface area contributed by atoms with Crippen molar-refractivity contribution < 1.29 is 4.39 Å². The Morgan fingerprint density at radius 3 is 2.50 bits per heavy atom. The van der Waals surface area contributed by atoms with Gasteiger partial charge < -0.3 is 0 Å². The van der Waals surface area contributed by atoms with E-state index in [1.54, 1.807) is 0 Å². The summed E-state index contributed by atoms with van der Waals surface area (Å²) in [5, 5.41) is 0. The smallest absolute Gasteiger partial charge is 0.100 e. The summed E-state index contributed by atoms with van der Waals surface area (Å²) >= 11 is 3.53. The molecule has 0 spiro atoms. The Bertz CT molecular complexity index is 83.3. The van der Waals surface area contributed by atoms with E-state index in [4.69, 9.17) is 0 Å². The summed E-state index contributed by atoms with van der Waals surface area (Å²) in [6, 6.07) is 0. The standard InChI is InChI=1S/C8H14BrF/c9-7-3-1-2-4-8(10)6-5-7/h7-8H,1-6H2/t7-,8+/m0/s1. The summed E-state index contributed by atoms with van der Waals surface area (Å²) < 4.78 is 12.8. The minimum atomic E-state index is -0.527. The van der Waals surface area contributed by atoms with Crippen LogP contribution in [-0.2, 0) is 0 Å². The third-order valence-electron chi connectivity index (χ3n) is 2.08. The summed E-state index contributed by atoms with van der Waals surface area (Å²) in [6.07, 6.45) is 5.53. The summed E-state index contributed by atoms with van der Waals surface area (Å²) in [6.45, 7) is 0. The molecule has 1 aliphatic rings. The third-order valence-corrected chi connectivity index (χ3v) is 2.99. The van der Waals surface area contributed by atoms with Crippen molar-refractivity contribution in [3.63, 3.8) is 0 Å². The highest BCUT2D eigenvalue weighted by molar-refractivity contribution is 9.09. The fourth-order valence-electron chi connectivity index (χ4n) is 1.38. The van der Waals surface area contributed by atoms with E-state index in [1.165, 1.54) is 12.8 Å². The van der Waals surface area contributed by atoms with Crippen molar-refractivity contribution in [3.05, 3.63) is 0 Å². The van der Waals surface area contributed by atoms with E-state index in [2.05, 4.69) is 15.9 Å². The van der Waals surface area contributed by atoms with Gasteiger partial charge in [0.05, 0.1) is 0 Å². The van der Waals surface area contributed by atoms with Gasteiger partial charge in [0, 0.05) is 4.83 Å². The van der Waals surface area contributed by atoms with E-state index < -0.39 is 6.17 Å². The van der Waals surface area contributed by atoms with Crippen molar-refractivity contribution in [2.24, 2.45) is 0 Å². The zero-order valence-electron chi connectivity index (χ0n) is 6.15. The fraction of sp³-hybridized carbons (Fsp3) is 1.00. The second-order valence-electron chi connectivity index (χ2n) is 3.06. The number of alkyl halides is 2. The Labute approximate surface area is 70.3 Å². The molecule has 1 saturated carbocycles. The Balaban J connectivity index is 2.23. The van der Waals surface area contributed by atoms with Gasteiger partial charge in [0.25, 0.3) is 0 Å². The maximum Gasteiger partial charge on any atom is 0.100 e. The second-order valence-corrected chi connectivity index (χ2v) is 4.35. The maximum atomic E-state index is 12.8. The number of halogens is 2. The first-order valence-electron chi connectivity index (χ1n) is 4.07. The van der Waals surface area contributed by atoms with Gasteiger partial charge in [-0.25, -0.2) is 4.39 Å². The Kier molecular flexibility index (Phi) is 3.68. The largest absolute Gasteiger partial charge is 0.247 e. The van der Waals surface area contributed by atoms with Gasteiger partial charge in [0.1, 0.15) is 6.17 Å². The molecular formula is C8H14BrF. The van der Waals surface area contributed by atoms with Crippen LogP contribution in [-0.4, -0.2) is 11.0 Å². The lowest BCUT2D eigenvalue weighted by molar-refractivity contribution is 0.270. The summed E-state index contributed by atoms with van der Waals surface area (Å²) in [7, 11) is 0. The zero-order valence-corrected chi connectivity index (χ0v) is 7.74. The van der Waals surface area contributed by atoms with Crippen LogP contribution in [0, 0.1) is 0 Å². The van der Waals surface area contributed by atoms with Crippen molar-refractivity contribution >= 4 is 15.9 Å². The molecular weight excluding hydrogens is 195 g/mol. The quantitative estimate of drug-likeness (QED) is 0.536. The van der Waals surface area contributed by atoms with Crippen LogP contribution >= 0.6 is 15.9 Å². The SMILES string of the molecule is F[C@@H]1CCCC[C@H](Br)CC1. The molecule has 0 aliphatic heterocycles. The topological polar surface area (TPSA) is 0 Å². The van der Waals surface area contributed by atoms with Crippen molar-refractivity contribution in [2.75, 3.05) is 0 Å². The predicted molar refractivity (Wildman–Crippen MR) is 45.3 cm³/mol. The molecule has 2 atom stereocenters. The van der Waals surface area contributed by atoms with E-state index in [0.717, 1.165) is 25.7 Å². The van der Waals surface area contributed by atoms with Crippen LogP contribution in [0.25, 0.3) is 0 Å². The normalized spacial score (nSPS) is 36.6. The van der Waals surface area contributed by atoms with Crippen LogP contribution < -0.4 is 0 Å². The van der Waals surface area contributed by atoms with Gasteiger partial charge in [-0.3, -0.25) is 0 Å². The first-order valence-corrected chi connectivity index (χ1v) is 4.99. The molecule has 0 radical (unpaired) electrons. The van der Waals surface area contributed by atoms with Crippen LogP contribution in [0.1, 0.15) is 38.5 Å². The van der Waals surface area contributed by atoms with Gasteiger partial charge in [-0.15, -0.1) is 0 Å². The number of rotatable bonds is 0. The first-order chi connectivity index (χ1) is 4.79. The van der Waals surface area contributed by atoms with E-state index in [-0.39, 0.29) is 0 Å². The van der Waals surface area contributed by atoms with E-state index >= 15 is 0 Å². The van der Waals surface area contributed by atoms with E-state index in [1.807, 2.05) is 0 Å². The van der Waals surface area contributed by atoms with Crippen molar-refractivity contribution in [2.45, 2.75) is 49.5 Å². The molecule has 0 saturated heterocycles. The fourth-order valence-corrected chi connectivity index (χ4v) is 1.97. The molecule has 0 aromatic rings. The van der Waals surface area contributed by atoms with Gasteiger partial charge in [0.2, 0.25) is 0 Å². The van der Waals surface area contributed by atoms with Crippen molar-refractivity contribution in [1.29, 1.82) is 0 Å². The first kappa shape index (κ1) is 8.51. The third kappa shape index (κ3) is 3.00. The Morgan fingerprint density at radius 1 is 1.00 bits per heavy atom. The van der Waals surface area contributed by atoms with Crippen molar-refractivity contribution in [3.8, 4) is 0 Å². The maximum absolute atomic E-state index is 12.8. The van der Waals surface area contributed by atoms with Gasteiger partial charge >= 0.3 is 0 Å². The Hall–Kier alpha value is 0.410. The lowest BCUT2D eigenvalue weighted by Gasteiger charge is -2.15. The summed E-state index contributed by atoms with van der Waals surface area (Å²) in [5.41, 5.74) is 0. The molecule has 0 aromatic heterocycles. The van der Waals surface area contributed by atoms with Crippen LogP contribution in [0.15, 0.2) is 0 Å². The van der Waals surface area contributed by atoms with E-state index in [0.29, 0.717) is 4.83 Å². The predicted octanol–water partition coefficient (Wildman–Crippen LogP) is 3.44. The molecule has 1 aliphatic carbocycles. The van der Waals surface area contributed by atoms with Gasteiger partial charge in [-0.05, 0) is 25.7 Å². The molecule has 0 aromatic carbocycles. The Morgan fingerprint density at radius 2 is 1.70 bits per heavy atom. The monoisotopic (exact) mass is 208 g/mol. The lowest BCUT2D eigenvalue weighted by atomic mass is 10.00. The zero-order chi connectivity index (χ0) is 7.40. The van der Waals surface area contributed by atoms with Crippen LogP contribution in [0.3, 0.4) is 0 Å². The average Bonchev–Trinajstić information content (AvgIpc) is 1.90. The van der Waals surface area contributed by atoms with E-state index in [9.17, 15) is 4.39 Å². The minimum absolute atomic E-state index is 0.527. The van der Waals surface area contributed by atoms with Crippen molar-refractivity contribution in [1.82, 2.24) is 0 Å². The highest BCUT2D eigenvalue weighted by Crippen LogP contribution is 2.23. The van der Waals surface area contributed by atoms with Crippen LogP contribution in [0.4, 0.5) is 4.39 Å². The molecule has 1 rings (SSSR count). The number of hydrogen-bond donors (Lipinski definition) is 0. The summed E-state index contributed by atoms with van der Waals surface area (Å²) in [4.78, 5) is 0.575. The molecule has 0 N–H and O–H groups in total. The second kappa shape index (κ2) is 4.32. The molecule has 0 bridgehead atoms. The van der Waals surface area contributed by atoms with Crippen LogP contribution in [0.5, 0.6) is 0 Å². The van der Waals surface area contributed by atoms with Gasteiger partial charge in [-0.1, -0.05) is 28.8 Å². The number of hydrogen-bond acceptors (Lipinski definition) is 0. The average molecular weight is 209 g/mol. The van der Waals surface area contributed by atoms with Crippen LogP contribution in [0.2, 0.25) is 0 Å². The highest BCUT2D eigenvalue weighted by atomic mass is 79.9. The molecule has 10 heavy (non-hydrogen) atoms. The molecule has 1 fully saturated rings. The van der Waals surface area contributed by atoms with Gasteiger partial charge in [0.15, 0.2) is 0 Å². The molecule has 0 heterocycles. The lowest BCUT2D eigenvalue weighted by Crippen LogP contribution is -2.09.